The molecular formula is C29H22ClN3O5S2. The number of benzene rings is 4. The van der Waals surface area contributed by atoms with Crippen LogP contribution in [0.1, 0.15) is 5.56 Å². The first-order chi connectivity index (χ1) is 19.2. The minimum Gasteiger partial charge on any atom is -0.324 e. The lowest BCUT2D eigenvalue weighted by Gasteiger charge is -2.26. The van der Waals surface area contributed by atoms with Crippen LogP contribution in [0.15, 0.2) is 125 Å². The number of anilines is 2. The number of nitrogens with zero attached hydrogens (tertiary/aromatic N) is 2. The van der Waals surface area contributed by atoms with Gasteiger partial charge in [-0.1, -0.05) is 78.3 Å². The highest BCUT2D eigenvalue weighted by Gasteiger charge is 2.39. The molecule has 11 heteroatoms. The molecule has 5 rings (SSSR count). The lowest BCUT2D eigenvalue weighted by molar-refractivity contribution is -0.115. The third-order valence-corrected chi connectivity index (χ3v) is 10.4. The molecular weight excluding hydrogens is 570 g/mol. The van der Waals surface area contributed by atoms with Crippen molar-refractivity contribution in [3.05, 3.63) is 126 Å². The molecule has 1 amide bonds. The van der Waals surface area contributed by atoms with Gasteiger partial charge >= 0.3 is 0 Å². The zero-order valence-electron chi connectivity index (χ0n) is 20.8. The minimum atomic E-state index is -4.70. The van der Waals surface area contributed by atoms with Crippen molar-refractivity contribution in [2.75, 3.05) is 9.03 Å². The maximum absolute atomic E-state index is 14.0. The first-order valence-electron chi connectivity index (χ1n) is 12.0. The molecule has 0 unspecified atom stereocenters. The second-order valence-electron chi connectivity index (χ2n) is 8.70. The fourth-order valence-corrected chi connectivity index (χ4v) is 8.41. The van der Waals surface area contributed by atoms with E-state index in [-0.39, 0.29) is 49.4 Å². The second-order valence-corrected chi connectivity index (χ2v) is 12.9. The molecule has 8 nitrogen and oxygen atoms in total. The van der Waals surface area contributed by atoms with E-state index >= 15 is 0 Å². The molecule has 0 bridgehead atoms. The Bertz CT molecular complexity index is 1830. The molecule has 0 saturated carbocycles. The Kier molecular flexibility index (Phi) is 7.57. The number of carbonyl (C=O) groups is 1. The van der Waals surface area contributed by atoms with Crippen LogP contribution in [0.2, 0.25) is 5.02 Å². The van der Waals surface area contributed by atoms with E-state index in [1.807, 2.05) is 30.3 Å². The van der Waals surface area contributed by atoms with E-state index in [1.54, 1.807) is 12.1 Å². The zero-order chi connectivity index (χ0) is 28.3. The Hall–Kier alpha value is -4.25. The van der Waals surface area contributed by atoms with Gasteiger partial charge in [0.05, 0.1) is 38.1 Å². The van der Waals surface area contributed by atoms with Crippen molar-refractivity contribution in [2.45, 2.75) is 16.2 Å². The summed E-state index contributed by atoms with van der Waals surface area (Å²) >= 11 is 6.68. The van der Waals surface area contributed by atoms with E-state index in [4.69, 9.17) is 11.6 Å². The third kappa shape index (κ3) is 5.29. The van der Waals surface area contributed by atoms with E-state index in [9.17, 15) is 21.6 Å². The minimum absolute atomic E-state index is 0.0748. The molecule has 202 valence electrons. The molecule has 4 aromatic carbocycles. The van der Waals surface area contributed by atoms with Crippen molar-refractivity contribution < 1.29 is 21.6 Å². The Morgan fingerprint density at radius 1 is 0.750 bits per heavy atom. The molecule has 1 heterocycles. The molecule has 0 atom stereocenters. The Morgan fingerprint density at radius 2 is 1.27 bits per heavy atom. The highest BCUT2D eigenvalue weighted by molar-refractivity contribution is 8.10. The zero-order valence-corrected chi connectivity index (χ0v) is 23.2. The van der Waals surface area contributed by atoms with Crippen LogP contribution < -0.4 is 9.03 Å². The smallest absolute Gasteiger partial charge is 0.277 e. The lowest BCUT2D eigenvalue weighted by atomic mass is 10.1. The number of halogens is 1. The number of fused-ring (bicyclic) bond motifs is 1. The van der Waals surface area contributed by atoms with E-state index in [0.717, 1.165) is 5.56 Å². The first kappa shape index (κ1) is 27.3. The third-order valence-electron chi connectivity index (χ3n) is 6.00. The number of rotatable bonds is 8. The van der Waals surface area contributed by atoms with Gasteiger partial charge in [0.25, 0.3) is 20.0 Å². The number of aromatic nitrogens is 1. The van der Waals surface area contributed by atoms with Gasteiger partial charge in [0, 0.05) is 11.6 Å². The quantitative estimate of drug-likeness (QED) is 0.249. The summed E-state index contributed by atoms with van der Waals surface area (Å²) in [6, 6.07) is 27.9. The summed E-state index contributed by atoms with van der Waals surface area (Å²) in [5.41, 5.74) is 0.854. The fourth-order valence-electron chi connectivity index (χ4n) is 4.21. The van der Waals surface area contributed by atoms with Crippen LogP contribution in [0.25, 0.3) is 10.9 Å². The van der Waals surface area contributed by atoms with Crippen LogP contribution in [-0.4, -0.2) is 27.7 Å². The van der Waals surface area contributed by atoms with Crippen molar-refractivity contribution in [1.29, 1.82) is 0 Å². The van der Waals surface area contributed by atoms with Crippen molar-refractivity contribution >= 4 is 59.8 Å². The summed E-state index contributed by atoms with van der Waals surface area (Å²) in [7, 11) is -9.41. The fraction of sp³-hybridized carbons (Fsp3) is 0.0345. The van der Waals surface area contributed by atoms with Crippen LogP contribution in [0, 0.1) is 0 Å². The second kappa shape index (κ2) is 11.1. The number of sulfonamides is 2. The summed E-state index contributed by atoms with van der Waals surface area (Å²) < 4.78 is 56.4. The van der Waals surface area contributed by atoms with Gasteiger partial charge in [0.2, 0.25) is 5.91 Å². The van der Waals surface area contributed by atoms with E-state index in [0.29, 0.717) is 3.71 Å². The molecule has 0 radical (unpaired) electrons. The lowest BCUT2D eigenvalue weighted by Crippen LogP contribution is -2.37. The number of pyridine rings is 1. The standard InChI is InChI=1S/C29H22ClN3O5S2/c30-25-20-26(32-27(34)19-21-11-4-1-5-12-21)28-24(17-10-18-31-28)29(25)33(39(35,36)22-13-6-2-7-14-22)40(37,38)23-15-8-3-9-16-23/h1-18,20H,19H2,(H,32,34). The van der Waals surface area contributed by atoms with Crippen molar-refractivity contribution in [3.63, 3.8) is 0 Å². The van der Waals surface area contributed by atoms with Crippen molar-refractivity contribution in [1.82, 2.24) is 4.98 Å². The molecule has 0 spiro atoms. The van der Waals surface area contributed by atoms with Gasteiger partial charge in [-0.25, -0.2) is 16.8 Å². The average molecular weight is 592 g/mol. The topological polar surface area (TPSA) is 114 Å². The van der Waals surface area contributed by atoms with Gasteiger partial charge < -0.3 is 5.32 Å². The van der Waals surface area contributed by atoms with Crippen LogP contribution >= 0.6 is 11.6 Å². The normalized spacial score (nSPS) is 11.7. The van der Waals surface area contributed by atoms with E-state index in [1.165, 1.54) is 72.9 Å². The first-order valence-corrected chi connectivity index (χ1v) is 15.3. The number of hydrogen-bond acceptors (Lipinski definition) is 6. The van der Waals surface area contributed by atoms with E-state index in [2.05, 4.69) is 10.3 Å². The average Bonchev–Trinajstić information content (AvgIpc) is 2.96. The molecule has 0 aliphatic heterocycles. The van der Waals surface area contributed by atoms with Crippen molar-refractivity contribution in [2.24, 2.45) is 0 Å². The van der Waals surface area contributed by atoms with Crippen LogP contribution in [0.3, 0.4) is 0 Å². The Balaban J connectivity index is 1.71. The van der Waals surface area contributed by atoms with Crippen LogP contribution in [-0.2, 0) is 31.3 Å². The number of hydrogen-bond donors (Lipinski definition) is 1. The van der Waals surface area contributed by atoms with Crippen LogP contribution in [0.4, 0.5) is 11.4 Å². The maximum Gasteiger partial charge on any atom is 0.277 e. The number of amides is 1. The van der Waals surface area contributed by atoms with Gasteiger partial charge in [0.15, 0.2) is 0 Å². The summed E-state index contributed by atoms with van der Waals surface area (Å²) in [5.74, 6) is -0.354. The summed E-state index contributed by atoms with van der Waals surface area (Å²) in [6.07, 6.45) is 1.53. The van der Waals surface area contributed by atoms with E-state index < -0.39 is 20.0 Å². The predicted molar refractivity (Wildman–Crippen MR) is 155 cm³/mol. The van der Waals surface area contributed by atoms with Gasteiger partial charge in [0.1, 0.15) is 0 Å². The summed E-state index contributed by atoms with van der Waals surface area (Å²) in [5, 5.41) is 2.68. The molecule has 0 fully saturated rings. The molecule has 1 aromatic heterocycles. The van der Waals surface area contributed by atoms with Crippen LogP contribution in [0.5, 0.6) is 0 Å². The maximum atomic E-state index is 14.0. The largest absolute Gasteiger partial charge is 0.324 e. The Labute approximate surface area is 237 Å². The van der Waals surface area contributed by atoms with Gasteiger partial charge in [-0.2, -0.15) is 3.71 Å². The molecule has 40 heavy (non-hydrogen) atoms. The molecule has 0 aliphatic rings. The summed E-state index contributed by atoms with van der Waals surface area (Å²) in [6.45, 7) is 0. The molecule has 0 saturated heterocycles. The number of nitrogens with one attached hydrogen (secondary N) is 1. The Morgan fingerprint density at radius 3 is 1.82 bits per heavy atom. The molecule has 5 aromatic rings. The van der Waals surface area contributed by atoms with Gasteiger partial charge in [-0.05, 0) is 48.0 Å². The molecule has 1 N–H and O–H groups in total. The summed E-state index contributed by atoms with van der Waals surface area (Å²) in [4.78, 5) is 16.7. The highest BCUT2D eigenvalue weighted by Crippen LogP contribution is 2.43. The highest BCUT2D eigenvalue weighted by atomic mass is 35.5. The number of carbonyl (C=O) groups excluding carboxylic acids is 1. The predicted octanol–water partition coefficient (Wildman–Crippen LogP) is 5.65. The van der Waals surface area contributed by atoms with Gasteiger partial charge in [-0.15, -0.1) is 0 Å². The van der Waals surface area contributed by atoms with Gasteiger partial charge in [-0.3, -0.25) is 9.78 Å². The molecule has 0 aliphatic carbocycles. The van der Waals surface area contributed by atoms with Crippen molar-refractivity contribution in [3.8, 4) is 0 Å². The SMILES string of the molecule is O=C(Cc1ccccc1)Nc1cc(Cl)c(N(S(=O)(=O)c2ccccc2)S(=O)(=O)c2ccccc2)c2cccnc12. The monoisotopic (exact) mass is 591 g/mol.